The van der Waals surface area contributed by atoms with Crippen LogP contribution in [0.4, 0.5) is 0 Å². The maximum Gasteiger partial charge on any atom is 0 e. The molecule has 0 aliphatic rings. The van der Waals surface area contributed by atoms with E-state index >= 15 is 0 Å². The zero-order valence-corrected chi connectivity index (χ0v) is 30.9. The quantitative estimate of drug-likeness (QED) is 0.131. The Morgan fingerprint density at radius 3 is 2.05 bits per heavy atom. The molecule has 2 nitrogen and oxygen atoms in total. The van der Waals surface area contributed by atoms with Crippen LogP contribution in [-0.4, -0.2) is 23.2 Å². The van der Waals surface area contributed by atoms with Crippen LogP contribution in [0, 0.1) is 26.0 Å². The molecular formula is C39H34GeIrN2S-2. The van der Waals surface area contributed by atoms with Crippen LogP contribution in [0.5, 0.6) is 0 Å². The smallest absolute Gasteiger partial charge is 0 e. The van der Waals surface area contributed by atoms with E-state index in [1.165, 1.54) is 46.8 Å². The van der Waals surface area contributed by atoms with Crippen molar-refractivity contribution in [2.75, 3.05) is 0 Å². The van der Waals surface area contributed by atoms with Crippen LogP contribution < -0.4 is 4.40 Å². The van der Waals surface area contributed by atoms with Gasteiger partial charge in [-0.05, 0) is 42.3 Å². The molecule has 3 aromatic heterocycles. The third-order valence-electron chi connectivity index (χ3n) is 7.72. The van der Waals surface area contributed by atoms with Gasteiger partial charge in [0.15, 0.2) is 0 Å². The first kappa shape index (κ1) is 32.0. The van der Waals surface area contributed by atoms with Crippen LogP contribution in [-0.2, 0) is 20.1 Å². The van der Waals surface area contributed by atoms with Gasteiger partial charge in [0.05, 0.1) is 0 Å². The van der Waals surface area contributed by atoms with Crippen molar-refractivity contribution >= 4 is 49.2 Å². The van der Waals surface area contributed by atoms with Gasteiger partial charge in [-0.15, -0.1) is 46.7 Å². The van der Waals surface area contributed by atoms with Crippen LogP contribution >= 0.6 is 11.3 Å². The molecule has 0 aliphatic carbocycles. The van der Waals surface area contributed by atoms with Crippen LogP contribution in [0.25, 0.3) is 53.8 Å². The van der Waals surface area contributed by atoms with Gasteiger partial charge in [0, 0.05) is 46.5 Å². The Hall–Kier alpha value is -3.41. The minimum Gasteiger partial charge on any atom is 0 e. The molecule has 0 fully saturated rings. The standard InChI is InChI=1S/C25H18NS.C14H16GeN.Ir/c1-16-7-5-8-17(2)25(16)19-10-6-9-18(13-19)22-14-24-21(15-26-22)20-11-3-4-12-23(20)27-24;1-15(2,3)13-9-10-14(16-11-13)12-7-5-4-6-8-12;/h3-8,10-15H,1-2H3;4-7,9-11H,1-3H3;/q2*-1;. The first-order valence-corrected chi connectivity index (χ1v) is 22.7. The minimum atomic E-state index is -1.72. The van der Waals surface area contributed by atoms with E-state index in [-0.39, 0.29) is 20.1 Å². The van der Waals surface area contributed by atoms with Gasteiger partial charge in [0.2, 0.25) is 0 Å². The Balaban J connectivity index is 0.000000194. The van der Waals surface area contributed by atoms with Gasteiger partial charge in [0.1, 0.15) is 0 Å². The summed E-state index contributed by atoms with van der Waals surface area (Å²) in [4.78, 5) is 9.29. The van der Waals surface area contributed by atoms with E-state index in [0.29, 0.717) is 0 Å². The van der Waals surface area contributed by atoms with Gasteiger partial charge < -0.3 is 4.98 Å². The monoisotopic (exact) mass is 829 g/mol. The van der Waals surface area contributed by atoms with Gasteiger partial charge in [-0.25, -0.2) is 0 Å². The van der Waals surface area contributed by atoms with E-state index in [4.69, 9.17) is 4.98 Å². The Labute approximate surface area is 281 Å². The zero-order valence-electron chi connectivity index (χ0n) is 25.6. The first-order chi connectivity index (χ1) is 20.8. The van der Waals surface area contributed by atoms with Gasteiger partial charge in [-0.2, -0.15) is 0 Å². The van der Waals surface area contributed by atoms with Gasteiger partial charge in [0.25, 0.3) is 0 Å². The van der Waals surface area contributed by atoms with E-state index in [9.17, 15) is 0 Å². The maximum atomic E-state index is 4.75. The molecule has 1 radical (unpaired) electrons. The Morgan fingerprint density at radius 1 is 0.614 bits per heavy atom. The molecule has 3 heterocycles. The average molecular weight is 828 g/mol. The second-order valence-corrected chi connectivity index (χ2v) is 23.6. The van der Waals surface area contributed by atoms with E-state index in [1.54, 1.807) is 0 Å². The van der Waals surface area contributed by atoms with Crippen LogP contribution in [0.3, 0.4) is 0 Å². The fraction of sp³-hybridized carbons (Fsp3) is 0.128. The third kappa shape index (κ3) is 6.95. The van der Waals surface area contributed by atoms with E-state index in [2.05, 4.69) is 121 Å². The molecule has 0 saturated heterocycles. The maximum absolute atomic E-state index is 4.75. The van der Waals surface area contributed by atoms with E-state index in [0.717, 1.165) is 22.5 Å². The average Bonchev–Trinajstić information content (AvgIpc) is 3.40. The van der Waals surface area contributed by atoms with Gasteiger partial charge in [-0.3, -0.25) is 0 Å². The summed E-state index contributed by atoms with van der Waals surface area (Å²) >= 11 is 0.106. The molecule has 44 heavy (non-hydrogen) atoms. The topological polar surface area (TPSA) is 25.8 Å². The normalized spacial score (nSPS) is 11.1. The molecule has 5 heteroatoms. The second kappa shape index (κ2) is 13.7. The summed E-state index contributed by atoms with van der Waals surface area (Å²) in [5, 5.41) is 2.51. The fourth-order valence-corrected chi connectivity index (χ4v) is 8.64. The van der Waals surface area contributed by atoms with Crippen molar-refractivity contribution in [3.05, 3.63) is 139 Å². The molecule has 7 aromatic rings. The summed E-state index contributed by atoms with van der Waals surface area (Å²) in [6.07, 6.45) is 4.04. The molecule has 0 saturated carbocycles. The second-order valence-electron chi connectivity index (χ2n) is 11.9. The van der Waals surface area contributed by atoms with Crippen molar-refractivity contribution in [3.63, 3.8) is 0 Å². The molecule has 221 valence electrons. The molecule has 0 spiro atoms. The van der Waals surface area contributed by atoms with Crippen LogP contribution in [0.15, 0.2) is 116 Å². The Bertz CT molecular complexity index is 2010. The SMILES string of the molecule is Cc1cccc(C)c1-c1cc[c-]c(-c2cc3sc4ccccc4c3cn2)c1.[CH3][Ge]([CH3])([CH3])[c]1ccc(-c2[c-]cccc2)nc1.[Ir]. The zero-order chi connectivity index (χ0) is 30.0. The van der Waals surface area contributed by atoms with Crippen LogP contribution in [0.1, 0.15) is 11.1 Å². The molecular weight excluding hydrogens is 793 g/mol. The number of fused-ring (bicyclic) bond motifs is 3. The molecule has 7 rings (SSSR count). The molecule has 0 N–H and O–H groups in total. The number of aryl methyl sites for hydroxylation is 2. The predicted molar refractivity (Wildman–Crippen MR) is 188 cm³/mol. The predicted octanol–water partition coefficient (Wildman–Crippen LogP) is 10.3. The fourth-order valence-electron chi connectivity index (χ4n) is 5.36. The number of thiophene rings is 1. The van der Waals surface area contributed by atoms with Gasteiger partial charge in [-0.1, -0.05) is 42.5 Å². The van der Waals surface area contributed by atoms with Crippen molar-refractivity contribution in [1.29, 1.82) is 0 Å². The van der Waals surface area contributed by atoms with Crippen LogP contribution in [0.2, 0.25) is 17.3 Å². The Kier molecular flexibility index (Phi) is 9.97. The van der Waals surface area contributed by atoms with Crippen molar-refractivity contribution in [2.45, 2.75) is 31.1 Å². The summed E-state index contributed by atoms with van der Waals surface area (Å²) < 4.78 is 4.02. The van der Waals surface area contributed by atoms with Crippen molar-refractivity contribution < 1.29 is 20.1 Å². The summed E-state index contributed by atoms with van der Waals surface area (Å²) in [6, 6.07) is 42.4. The number of hydrogen-bond acceptors (Lipinski definition) is 3. The summed E-state index contributed by atoms with van der Waals surface area (Å²) in [6.45, 7) is 4.33. The first-order valence-electron chi connectivity index (χ1n) is 14.6. The Morgan fingerprint density at radius 2 is 1.34 bits per heavy atom. The third-order valence-corrected chi connectivity index (χ3v) is 13.1. The van der Waals surface area contributed by atoms with E-state index < -0.39 is 13.3 Å². The van der Waals surface area contributed by atoms with Crippen molar-refractivity contribution in [3.8, 4) is 33.6 Å². The van der Waals surface area contributed by atoms with Crippen molar-refractivity contribution in [2.24, 2.45) is 0 Å². The number of pyridine rings is 2. The van der Waals surface area contributed by atoms with E-state index in [1.807, 2.05) is 54.1 Å². The van der Waals surface area contributed by atoms with Gasteiger partial charge >= 0.3 is 99.8 Å². The number of nitrogens with zero attached hydrogens (tertiary/aromatic N) is 2. The summed E-state index contributed by atoms with van der Waals surface area (Å²) in [7, 11) is 0. The number of rotatable bonds is 4. The molecule has 0 amide bonds. The minimum absolute atomic E-state index is 0. The number of aromatic nitrogens is 2. The summed E-state index contributed by atoms with van der Waals surface area (Å²) in [5.74, 6) is 7.14. The number of benzene rings is 4. The number of hydrogen-bond donors (Lipinski definition) is 0. The van der Waals surface area contributed by atoms with Crippen molar-refractivity contribution in [1.82, 2.24) is 9.97 Å². The molecule has 0 bridgehead atoms. The molecule has 0 unspecified atom stereocenters. The molecule has 0 aliphatic heterocycles. The largest absolute Gasteiger partial charge is 0 e. The molecule has 4 aromatic carbocycles. The molecule has 0 atom stereocenters. The summed E-state index contributed by atoms with van der Waals surface area (Å²) in [5.41, 5.74) is 9.19.